The van der Waals surface area contributed by atoms with Crippen LogP contribution in [0.4, 0.5) is 4.79 Å². The highest BCUT2D eigenvalue weighted by Crippen LogP contribution is 2.60. The van der Waals surface area contributed by atoms with Gasteiger partial charge in [0.05, 0.1) is 5.25 Å². The van der Waals surface area contributed by atoms with Crippen molar-refractivity contribution in [3.63, 3.8) is 0 Å². The quantitative estimate of drug-likeness (QED) is 0.741. The molecule has 4 aliphatic rings. The first-order valence-corrected chi connectivity index (χ1v) is 11.1. The van der Waals surface area contributed by atoms with Crippen LogP contribution in [0.1, 0.15) is 72.1 Å². The van der Waals surface area contributed by atoms with Gasteiger partial charge in [0.1, 0.15) is 0 Å². The molecule has 4 fully saturated rings. The first-order valence-electron chi connectivity index (χ1n) is 10.3. The second-order valence-corrected chi connectivity index (χ2v) is 11.3. The van der Waals surface area contributed by atoms with Gasteiger partial charge in [0.25, 0.3) is 5.22 Å². The van der Waals surface area contributed by atoms with Gasteiger partial charge in [-0.05, 0) is 84.0 Å². The summed E-state index contributed by atoms with van der Waals surface area (Å²) in [6.45, 7) is 7.32. The first kappa shape index (κ1) is 19.7. The molecule has 1 aromatic heterocycles. The van der Waals surface area contributed by atoms with Crippen molar-refractivity contribution in [1.29, 1.82) is 0 Å². The molecule has 0 aromatic carbocycles. The average Bonchev–Trinajstić information content (AvgIpc) is 3.01. The van der Waals surface area contributed by atoms with Gasteiger partial charge in [-0.1, -0.05) is 11.8 Å². The Balaban J connectivity index is 1.37. The third-order valence-corrected chi connectivity index (χ3v) is 7.20. The van der Waals surface area contributed by atoms with E-state index in [2.05, 4.69) is 20.8 Å². The predicted octanol–water partition coefficient (Wildman–Crippen LogP) is 3.64. The molecule has 0 radical (unpaired) electrons. The number of carbonyl (C=O) groups excluding carboxylic acids is 2. The van der Waals surface area contributed by atoms with Crippen molar-refractivity contribution in [2.24, 2.45) is 17.8 Å². The lowest BCUT2D eigenvalue weighted by Gasteiger charge is -2.55. The van der Waals surface area contributed by atoms with Crippen LogP contribution < -0.4 is 10.6 Å². The van der Waals surface area contributed by atoms with E-state index in [0.717, 1.165) is 42.9 Å². The molecule has 5 rings (SSSR count). The van der Waals surface area contributed by atoms with E-state index < -0.39 is 16.8 Å². The Kier molecular flexibility index (Phi) is 4.96. The summed E-state index contributed by atoms with van der Waals surface area (Å²) in [4.78, 5) is 24.2. The zero-order chi connectivity index (χ0) is 20.1. The van der Waals surface area contributed by atoms with Crippen molar-refractivity contribution in [2.45, 2.75) is 87.6 Å². The van der Waals surface area contributed by atoms with Gasteiger partial charge in [0.2, 0.25) is 11.8 Å². The van der Waals surface area contributed by atoms with Crippen LogP contribution in [0.3, 0.4) is 0 Å². The molecule has 0 saturated heterocycles. The number of nitrogens with zero attached hydrogens (tertiary/aromatic N) is 2. The summed E-state index contributed by atoms with van der Waals surface area (Å²) in [7, 11) is 0. The Morgan fingerprint density at radius 1 is 1.11 bits per heavy atom. The molecule has 4 saturated carbocycles. The van der Waals surface area contributed by atoms with Crippen molar-refractivity contribution in [3.05, 3.63) is 5.89 Å². The van der Waals surface area contributed by atoms with E-state index in [1.54, 1.807) is 6.92 Å². The molecule has 28 heavy (non-hydrogen) atoms. The number of aromatic nitrogens is 2. The molecule has 8 heteroatoms. The number of urea groups is 1. The van der Waals surface area contributed by atoms with Gasteiger partial charge < -0.3 is 9.73 Å². The lowest BCUT2D eigenvalue weighted by molar-refractivity contribution is -0.119. The van der Waals surface area contributed by atoms with Gasteiger partial charge >= 0.3 is 6.03 Å². The summed E-state index contributed by atoms with van der Waals surface area (Å²) < 4.78 is 6.04. The summed E-state index contributed by atoms with van der Waals surface area (Å²) >= 11 is 1.20. The van der Waals surface area contributed by atoms with E-state index in [9.17, 15) is 9.59 Å². The Bertz CT molecular complexity index is 734. The smallest absolute Gasteiger partial charge is 0.321 e. The van der Waals surface area contributed by atoms with Crippen molar-refractivity contribution in [3.8, 4) is 0 Å². The minimum atomic E-state index is -0.504. The van der Waals surface area contributed by atoms with Crippen LogP contribution in [0.25, 0.3) is 0 Å². The highest BCUT2D eigenvalue weighted by atomic mass is 32.2. The maximum absolute atomic E-state index is 12.3. The SMILES string of the molecule is C[C@@H](Sc1nnc(C23CC4CC(CC(C4)C2)C3)o1)C(=O)NC(=O)NC(C)(C)C. The maximum Gasteiger partial charge on any atom is 0.321 e. The van der Waals surface area contributed by atoms with Crippen molar-refractivity contribution in [1.82, 2.24) is 20.8 Å². The fourth-order valence-corrected chi connectivity index (χ4v) is 6.32. The van der Waals surface area contributed by atoms with Crippen LogP contribution in [0, 0.1) is 17.8 Å². The molecule has 0 aliphatic heterocycles. The molecule has 7 nitrogen and oxygen atoms in total. The molecule has 2 N–H and O–H groups in total. The lowest BCUT2D eigenvalue weighted by Crippen LogP contribution is -2.49. The van der Waals surface area contributed by atoms with Crippen LogP contribution in [-0.2, 0) is 10.2 Å². The number of amides is 3. The van der Waals surface area contributed by atoms with Gasteiger partial charge in [-0.2, -0.15) is 0 Å². The normalized spacial score (nSPS) is 32.2. The van der Waals surface area contributed by atoms with Crippen LogP contribution in [0.2, 0.25) is 0 Å². The third-order valence-electron chi connectivity index (χ3n) is 6.27. The molecule has 154 valence electrons. The summed E-state index contributed by atoms with van der Waals surface area (Å²) in [6, 6.07) is -0.496. The summed E-state index contributed by atoms with van der Waals surface area (Å²) in [5.41, 5.74) is -0.349. The molecule has 1 atom stereocenters. The summed E-state index contributed by atoms with van der Waals surface area (Å²) in [5, 5.41) is 13.6. The van der Waals surface area contributed by atoms with Crippen LogP contribution in [0.15, 0.2) is 9.64 Å². The van der Waals surface area contributed by atoms with Gasteiger partial charge in [-0.15, -0.1) is 10.2 Å². The van der Waals surface area contributed by atoms with Gasteiger partial charge in [0.15, 0.2) is 0 Å². The Morgan fingerprint density at radius 3 is 2.21 bits per heavy atom. The Morgan fingerprint density at radius 2 is 1.68 bits per heavy atom. The minimum absolute atomic E-state index is 0.0542. The molecule has 1 aromatic rings. The molecule has 3 amide bonds. The maximum atomic E-state index is 12.3. The van der Waals surface area contributed by atoms with Crippen molar-refractivity contribution >= 4 is 23.7 Å². The van der Waals surface area contributed by atoms with Crippen molar-refractivity contribution in [2.75, 3.05) is 0 Å². The van der Waals surface area contributed by atoms with E-state index in [0.29, 0.717) is 5.22 Å². The number of imide groups is 1. The highest BCUT2D eigenvalue weighted by Gasteiger charge is 2.54. The second-order valence-electron chi connectivity index (χ2n) is 10.0. The summed E-state index contributed by atoms with van der Waals surface area (Å²) in [6.07, 6.45) is 7.57. The second kappa shape index (κ2) is 7.04. The number of hydrogen-bond acceptors (Lipinski definition) is 6. The van der Waals surface area contributed by atoms with Crippen LogP contribution in [0.5, 0.6) is 0 Å². The van der Waals surface area contributed by atoms with Crippen LogP contribution in [-0.4, -0.2) is 32.9 Å². The number of thioether (sulfide) groups is 1. The molecule has 1 heterocycles. The largest absolute Gasteiger partial charge is 0.415 e. The van der Waals surface area contributed by atoms with Gasteiger partial charge in [0, 0.05) is 11.0 Å². The van der Waals surface area contributed by atoms with Crippen molar-refractivity contribution < 1.29 is 14.0 Å². The average molecular weight is 407 g/mol. The van der Waals surface area contributed by atoms with Gasteiger partial charge in [-0.3, -0.25) is 10.1 Å². The van der Waals surface area contributed by atoms with Crippen LogP contribution >= 0.6 is 11.8 Å². The topological polar surface area (TPSA) is 97.1 Å². The Hall–Kier alpha value is -1.57. The zero-order valence-corrected chi connectivity index (χ0v) is 17.9. The lowest BCUT2D eigenvalue weighted by atomic mass is 9.49. The zero-order valence-electron chi connectivity index (χ0n) is 17.1. The minimum Gasteiger partial charge on any atom is -0.415 e. The number of rotatable bonds is 4. The summed E-state index contributed by atoms with van der Waals surface area (Å²) in [5.74, 6) is 2.80. The molecular formula is C20H30N4O3S. The van der Waals surface area contributed by atoms with E-state index in [4.69, 9.17) is 4.42 Å². The third kappa shape index (κ3) is 4.07. The molecule has 0 unspecified atom stereocenters. The molecular weight excluding hydrogens is 376 g/mol. The van der Waals surface area contributed by atoms with Gasteiger partial charge in [-0.25, -0.2) is 4.79 Å². The molecule has 4 aliphatic carbocycles. The fraction of sp³-hybridized carbons (Fsp3) is 0.800. The van der Waals surface area contributed by atoms with E-state index in [1.807, 2.05) is 20.8 Å². The Labute approximate surface area is 170 Å². The standard InChI is InChI=1S/C20H30N4O3S/c1-11(15(25)21-17(26)22-19(2,3)4)28-18-24-23-16(27-18)20-8-12-5-13(9-20)7-14(6-12)10-20/h11-14H,5-10H2,1-4H3,(H2,21,22,25,26)/t11-,12?,13?,14?,20?/m1/s1. The number of hydrogen-bond donors (Lipinski definition) is 2. The van der Waals surface area contributed by atoms with E-state index in [1.165, 1.54) is 31.0 Å². The number of carbonyl (C=O) groups is 2. The first-order chi connectivity index (χ1) is 13.1. The number of nitrogens with one attached hydrogen (secondary N) is 2. The van der Waals surface area contributed by atoms with E-state index >= 15 is 0 Å². The van der Waals surface area contributed by atoms with E-state index in [-0.39, 0.29) is 11.3 Å². The molecule has 4 bridgehead atoms. The highest BCUT2D eigenvalue weighted by molar-refractivity contribution is 8.00. The predicted molar refractivity (Wildman–Crippen MR) is 106 cm³/mol. The monoisotopic (exact) mass is 406 g/mol. The fourth-order valence-electron chi connectivity index (χ4n) is 5.63. The molecule has 0 spiro atoms.